The number of azo groups is 1. The molecule has 0 aliphatic carbocycles. The molecule has 0 radical (unpaired) electrons. The first kappa shape index (κ1) is 10.2. The number of phenolic OH excluding ortho intramolecular Hbond substituents is 1. The van der Waals surface area contributed by atoms with Crippen LogP contribution in [0.4, 0.5) is 17.1 Å². The number of nitrogens with zero attached hydrogens (tertiary/aromatic N) is 2. The second kappa shape index (κ2) is 4.44. The number of hydrogen-bond acceptors (Lipinski definition) is 4. The number of benzene rings is 2. The smallest absolute Gasteiger partial charge is 0.143 e. The Labute approximate surface area is 93.1 Å². The predicted octanol–water partition coefficient (Wildman–Crippen LogP) is 3.39. The molecule has 4 nitrogen and oxygen atoms in total. The fraction of sp³-hybridized carbons (Fsp3) is 0. The van der Waals surface area contributed by atoms with Crippen molar-refractivity contribution in [1.82, 2.24) is 0 Å². The molecule has 2 rings (SSSR count). The minimum atomic E-state index is 0.0979. The van der Waals surface area contributed by atoms with E-state index in [9.17, 15) is 5.11 Å². The highest BCUT2D eigenvalue weighted by atomic mass is 16.3. The monoisotopic (exact) mass is 213 g/mol. The maximum Gasteiger partial charge on any atom is 0.143 e. The Morgan fingerprint density at radius 2 is 1.38 bits per heavy atom. The normalized spacial score (nSPS) is 10.8. The van der Waals surface area contributed by atoms with Crippen LogP contribution in [0.5, 0.6) is 5.75 Å². The Morgan fingerprint density at radius 3 is 2.06 bits per heavy atom. The highest BCUT2D eigenvalue weighted by Crippen LogP contribution is 2.28. The van der Waals surface area contributed by atoms with Crippen LogP contribution in [0.15, 0.2) is 58.8 Å². The van der Waals surface area contributed by atoms with Gasteiger partial charge in [0.1, 0.15) is 17.1 Å². The zero-order valence-corrected chi connectivity index (χ0v) is 8.54. The minimum Gasteiger partial charge on any atom is -0.506 e. The van der Waals surface area contributed by atoms with Gasteiger partial charge in [-0.3, -0.25) is 0 Å². The Balaban J connectivity index is 2.29. The minimum absolute atomic E-state index is 0.0979. The van der Waals surface area contributed by atoms with Crippen molar-refractivity contribution in [2.45, 2.75) is 0 Å². The second-order valence-electron chi connectivity index (χ2n) is 3.25. The summed E-state index contributed by atoms with van der Waals surface area (Å²) in [5.74, 6) is 0.0979. The van der Waals surface area contributed by atoms with E-state index in [0.29, 0.717) is 17.1 Å². The van der Waals surface area contributed by atoms with Crippen LogP contribution < -0.4 is 5.73 Å². The summed E-state index contributed by atoms with van der Waals surface area (Å²) >= 11 is 0. The lowest BCUT2D eigenvalue weighted by Gasteiger charge is -1.98. The van der Waals surface area contributed by atoms with E-state index in [1.165, 1.54) is 0 Å². The van der Waals surface area contributed by atoms with Gasteiger partial charge in [0.05, 0.1) is 5.69 Å². The molecule has 0 amide bonds. The lowest BCUT2D eigenvalue weighted by atomic mass is 10.3. The summed E-state index contributed by atoms with van der Waals surface area (Å²) in [4.78, 5) is 0. The molecule has 0 aliphatic rings. The summed E-state index contributed by atoms with van der Waals surface area (Å²) in [5.41, 5.74) is 7.27. The Hall–Kier alpha value is -2.36. The molecule has 0 heterocycles. The SMILES string of the molecule is Nc1ccccc1/N=N\c1ccccc1O. The average Bonchev–Trinajstić information content (AvgIpc) is 2.30. The van der Waals surface area contributed by atoms with Crippen molar-refractivity contribution >= 4 is 17.1 Å². The lowest BCUT2D eigenvalue weighted by Crippen LogP contribution is -1.82. The van der Waals surface area contributed by atoms with E-state index in [2.05, 4.69) is 10.2 Å². The van der Waals surface area contributed by atoms with E-state index in [1.54, 1.807) is 36.4 Å². The van der Waals surface area contributed by atoms with Crippen LogP contribution in [-0.4, -0.2) is 5.11 Å². The predicted molar refractivity (Wildman–Crippen MR) is 63.1 cm³/mol. The average molecular weight is 213 g/mol. The summed E-state index contributed by atoms with van der Waals surface area (Å²) in [6.45, 7) is 0. The highest BCUT2D eigenvalue weighted by molar-refractivity contribution is 5.62. The van der Waals surface area contributed by atoms with Gasteiger partial charge in [-0.1, -0.05) is 24.3 Å². The highest BCUT2D eigenvalue weighted by Gasteiger charge is 1.98. The summed E-state index contributed by atoms with van der Waals surface area (Å²) in [6.07, 6.45) is 0. The maximum atomic E-state index is 9.47. The summed E-state index contributed by atoms with van der Waals surface area (Å²) in [7, 11) is 0. The van der Waals surface area contributed by atoms with Gasteiger partial charge in [-0.15, -0.1) is 10.2 Å². The van der Waals surface area contributed by atoms with Crippen LogP contribution in [0.2, 0.25) is 0 Å². The third-order valence-electron chi connectivity index (χ3n) is 2.08. The molecule has 0 bridgehead atoms. The van der Waals surface area contributed by atoms with Crippen LogP contribution in [0.1, 0.15) is 0 Å². The number of phenols is 1. The molecule has 0 aliphatic heterocycles. The van der Waals surface area contributed by atoms with Gasteiger partial charge >= 0.3 is 0 Å². The van der Waals surface area contributed by atoms with Crippen molar-refractivity contribution in [3.05, 3.63) is 48.5 Å². The van der Waals surface area contributed by atoms with Crippen LogP contribution in [-0.2, 0) is 0 Å². The maximum absolute atomic E-state index is 9.47. The molecule has 2 aromatic rings. The molecule has 4 heteroatoms. The van der Waals surface area contributed by atoms with Gasteiger partial charge in [0.15, 0.2) is 0 Å². The van der Waals surface area contributed by atoms with E-state index in [4.69, 9.17) is 5.73 Å². The Bertz CT molecular complexity index is 476. The first-order chi connectivity index (χ1) is 7.77. The molecular formula is C12H11N3O. The number of nitrogen functional groups attached to an aromatic ring is 1. The molecular weight excluding hydrogens is 202 g/mol. The molecule has 80 valence electrons. The first-order valence-corrected chi connectivity index (χ1v) is 4.81. The van der Waals surface area contributed by atoms with Crippen LogP contribution in [0.3, 0.4) is 0 Å². The molecule has 0 unspecified atom stereocenters. The number of anilines is 1. The fourth-order valence-corrected chi connectivity index (χ4v) is 1.24. The van der Waals surface area contributed by atoms with E-state index in [1.807, 2.05) is 12.1 Å². The Kier molecular flexibility index (Phi) is 2.82. The van der Waals surface area contributed by atoms with Crippen molar-refractivity contribution in [3.63, 3.8) is 0 Å². The van der Waals surface area contributed by atoms with Crippen LogP contribution in [0, 0.1) is 0 Å². The van der Waals surface area contributed by atoms with Crippen molar-refractivity contribution in [3.8, 4) is 5.75 Å². The number of rotatable bonds is 2. The van der Waals surface area contributed by atoms with Gasteiger partial charge in [-0.2, -0.15) is 0 Å². The Morgan fingerprint density at radius 1 is 0.812 bits per heavy atom. The zero-order valence-electron chi connectivity index (χ0n) is 8.54. The van der Waals surface area contributed by atoms with Crippen molar-refractivity contribution < 1.29 is 5.11 Å². The molecule has 0 fully saturated rings. The van der Waals surface area contributed by atoms with E-state index < -0.39 is 0 Å². The summed E-state index contributed by atoms with van der Waals surface area (Å²) in [6, 6.07) is 13.9. The fourth-order valence-electron chi connectivity index (χ4n) is 1.24. The quantitative estimate of drug-likeness (QED) is 0.592. The van der Waals surface area contributed by atoms with Gasteiger partial charge in [0, 0.05) is 0 Å². The summed E-state index contributed by atoms with van der Waals surface area (Å²) in [5, 5.41) is 17.4. The topological polar surface area (TPSA) is 71.0 Å². The van der Waals surface area contributed by atoms with Gasteiger partial charge in [-0.25, -0.2) is 0 Å². The third-order valence-corrected chi connectivity index (χ3v) is 2.08. The number of para-hydroxylation sites is 2. The molecule has 0 aromatic heterocycles. The molecule has 2 aromatic carbocycles. The number of aromatic hydroxyl groups is 1. The first-order valence-electron chi connectivity index (χ1n) is 4.81. The molecule has 0 saturated heterocycles. The van der Waals surface area contributed by atoms with E-state index >= 15 is 0 Å². The van der Waals surface area contributed by atoms with Crippen LogP contribution in [0.25, 0.3) is 0 Å². The molecule has 0 atom stereocenters. The third kappa shape index (κ3) is 2.17. The number of hydrogen-bond donors (Lipinski definition) is 2. The van der Waals surface area contributed by atoms with Crippen LogP contribution >= 0.6 is 0 Å². The van der Waals surface area contributed by atoms with Gasteiger partial charge in [-0.05, 0) is 24.3 Å². The van der Waals surface area contributed by atoms with E-state index in [-0.39, 0.29) is 5.75 Å². The standard InChI is InChI=1S/C12H11N3O/c13-9-5-1-2-6-10(9)14-15-11-7-3-4-8-12(11)16/h1-8,16H,13H2/b15-14-. The van der Waals surface area contributed by atoms with Crippen molar-refractivity contribution in [2.75, 3.05) is 5.73 Å². The van der Waals surface area contributed by atoms with Crippen molar-refractivity contribution in [2.24, 2.45) is 10.2 Å². The van der Waals surface area contributed by atoms with Crippen molar-refractivity contribution in [1.29, 1.82) is 0 Å². The summed E-state index contributed by atoms with van der Waals surface area (Å²) < 4.78 is 0. The molecule has 16 heavy (non-hydrogen) atoms. The molecule has 3 N–H and O–H groups in total. The molecule has 0 spiro atoms. The number of nitrogens with two attached hydrogens (primary N) is 1. The van der Waals surface area contributed by atoms with E-state index in [0.717, 1.165) is 0 Å². The van der Waals surface area contributed by atoms with Gasteiger partial charge < -0.3 is 10.8 Å². The second-order valence-corrected chi connectivity index (χ2v) is 3.25. The van der Waals surface area contributed by atoms with Gasteiger partial charge in [0.25, 0.3) is 0 Å². The largest absolute Gasteiger partial charge is 0.506 e. The zero-order chi connectivity index (χ0) is 11.4. The molecule has 0 saturated carbocycles. The lowest BCUT2D eigenvalue weighted by molar-refractivity contribution is 0.476. The van der Waals surface area contributed by atoms with Gasteiger partial charge in [0.2, 0.25) is 0 Å².